The molecule has 2 amide bonds. The topological polar surface area (TPSA) is 97.0 Å². The van der Waals surface area contributed by atoms with Gasteiger partial charge in [0.15, 0.2) is 0 Å². The summed E-state index contributed by atoms with van der Waals surface area (Å²) in [5.41, 5.74) is 3.02. The van der Waals surface area contributed by atoms with Crippen molar-refractivity contribution in [1.29, 1.82) is 0 Å². The molecular weight excluding hydrogens is 596 g/mol. The number of alkyl halides is 2. The third-order valence-corrected chi connectivity index (χ3v) is 6.82. The lowest BCUT2D eigenvalue weighted by atomic mass is 10.0. The van der Waals surface area contributed by atoms with E-state index in [0.29, 0.717) is 30.4 Å². The van der Waals surface area contributed by atoms with Gasteiger partial charge in [-0.15, -0.1) is 23.2 Å². The summed E-state index contributed by atoms with van der Waals surface area (Å²) in [5.74, 6) is -0.864. The monoisotopic (exact) mass is 631 g/mol. The highest BCUT2D eigenvalue weighted by atomic mass is 35.5. The lowest BCUT2D eigenvalue weighted by Crippen LogP contribution is -2.53. The second-order valence-electron chi connectivity index (χ2n) is 9.64. The van der Waals surface area contributed by atoms with Crippen molar-refractivity contribution in [3.63, 3.8) is 0 Å². The van der Waals surface area contributed by atoms with Gasteiger partial charge in [-0.25, -0.2) is 14.0 Å². The Balaban J connectivity index is 1.82. The summed E-state index contributed by atoms with van der Waals surface area (Å²) in [5, 5.41) is 5.37. The first-order valence-corrected chi connectivity index (χ1v) is 15.0. The summed E-state index contributed by atoms with van der Waals surface area (Å²) in [7, 11) is 0. The maximum absolute atomic E-state index is 13.7. The van der Waals surface area contributed by atoms with Crippen LogP contribution < -0.4 is 15.5 Å². The SMILES string of the molecule is CCOC(=O)[C@H](Cc1ccc(F)cc1)NC(=O)[C@H](Cc1cccc(N(CCCl)CCCl)c1)NC(=O)OCc1ccccc1. The van der Waals surface area contributed by atoms with E-state index in [2.05, 4.69) is 10.6 Å². The van der Waals surface area contributed by atoms with E-state index < -0.39 is 35.9 Å². The first-order chi connectivity index (χ1) is 20.8. The molecule has 230 valence electrons. The van der Waals surface area contributed by atoms with Crippen molar-refractivity contribution in [2.75, 3.05) is 36.4 Å². The number of amides is 2. The van der Waals surface area contributed by atoms with Gasteiger partial charge in [-0.1, -0.05) is 54.6 Å². The number of ether oxygens (including phenoxy) is 2. The van der Waals surface area contributed by atoms with Crippen molar-refractivity contribution in [1.82, 2.24) is 10.6 Å². The Morgan fingerprint density at radius 3 is 2.09 bits per heavy atom. The highest BCUT2D eigenvalue weighted by molar-refractivity contribution is 6.18. The van der Waals surface area contributed by atoms with E-state index in [0.717, 1.165) is 16.8 Å². The van der Waals surface area contributed by atoms with Crippen LogP contribution in [0.3, 0.4) is 0 Å². The molecule has 3 rings (SSSR count). The van der Waals surface area contributed by atoms with E-state index in [1.165, 1.54) is 24.3 Å². The van der Waals surface area contributed by atoms with Crippen molar-refractivity contribution in [3.05, 3.63) is 101 Å². The zero-order chi connectivity index (χ0) is 31.0. The number of hydrogen-bond acceptors (Lipinski definition) is 6. The molecule has 11 heteroatoms. The molecule has 3 aromatic rings. The number of alkyl carbamates (subject to hydrolysis) is 1. The van der Waals surface area contributed by atoms with Gasteiger partial charge in [-0.2, -0.15) is 0 Å². The number of esters is 1. The molecule has 0 saturated carbocycles. The van der Waals surface area contributed by atoms with Crippen LogP contribution in [-0.4, -0.2) is 61.5 Å². The maximum Gasteiger partial charge on any atom is 0.408 e. The minimum absolute atomic E-state index is 0.0122. The molecule has 0 unspecified atom stereocenters. The fourth-order valence-corrected chi connectivity index (χ4v) is 4.78. The first kappa shape index (κ1) is 33.7. The second-order valence-corrected chi connectivity index (χ2v) is 10.4. The summed E-state index contributed by atoms with van der Waals surface area (Å²) in [4.78, 5) is 41.3. The molecule has 0 spiro atoms. The number of nitrogens with one attached hydrogen (secondary N) is 2. The van der Waals surface area contributed by atoms with Crippen molar-refractivity contribution >= 4 is 46.9 Å². The van der Waals surface area contributed by atoms with E-state index in [4.69, 9.17) is 32.7 Å². The molecule has 0 aliphatic carbocycles. The van der Waals surface area contributed by atoms with E-state index in [-0.39, 0.29) is 26.1 Å². The van der Waals surface area contributed by atoms with E-state index in [1.54, 1.807) is 6.92 Å². The van der Waals surface area contributed by atoms with E-state index >= 15 is 0 Å². The van der Waals surface area contributed by atoms with Gasteiger partial charge in [0.2, 0.25) is 5.91 Å². The zero-order valence-electron chi connectivity index (χ0n) is 23.9. The Morgan fingerprint density at radius 1 is 0.791 bits per heavy atom. The van der Waals surface area contributed by atoms with Crippen LogP contribution in [0.1, 0.15) is 23.6 Å². The zero-order valence-corrected chi connectivity index (χ0v) is 25.5. The van der Waals surface area contributed by atoms with E-state index in [1.807, 2.05) is 59.5 Å². The summed E-state index contributed by atoms with van der Waals surface area (Å²) in [6.45, 7) is 2.94. The molecular formula is C32H36Cl2FN3O5. The molecule has 2 atom stereocenters. The Hall–Kier alpha value is -3.82. The number of anilines is 1. The van der Waals surface area contributed by atoms with Crippen LogP contribution in [0.15, 0.2) is 78.9 Å². The fourth-order valence-electron chi connectivity index (χ4n) is 4.37. The normalized spacial score (nSPS) is 12.1. The molecule has 0 bridgehead atoms. The lowest BCUT2D eigenvalue weighted by Gasteiger charge is -2.25. The molecule has 0 fully saturated rings. The average Bonchev–Trinajstić information content (AvgIpc) is 3.01. The van der Waals surface area contributed by atoms with Crippen LogP contribution >= 0.6 is 23.2 Å². The number of halogens is 3. The van der Waals surface area contributed by atoms with Crippen LogP contribution in [0.25, 0.3) is 0 Å². The van der Waals surface area contributed by atoms with Crippen molar-refractivity contribution in [3.8, 4) is 0 Å². The van der Waals surface area contributed by atoms with Gasteiger partial charge in [0.1, 0.15) is 24.5 Å². The van der Waals surface area contributed by atoms with Crippen molar-refractivity contribution < 1.29 is 28.2 Å². The number of benzene rings is 3. The largest absolute Gasteiger partial charge is 0.464 e. The van der Waals surface area contributed by atoms with Crippen LogP contribution in [-0.2, 0) is 38.5 Å². The van der Waals surface area contributed by atoms with Crippen molar-refractivity contribution in [2.24, 2.45) is 0 Å². The minimum atomic E-state index is -1.10. The molecule has 2 N–H and O–H groups in total. The van der Waals surface area contributed by atoms with E-state index in [9.17, 15) is 18.8 Å². The smallest absolute Gasteiger partial charge is 0.408 e. The maximum atomic E-state index is 13.7. The third kappa shape index (κ3) is 11.4. The van der Waals surface area contributed by atoms with Gasteiger partial charge in [0.25, 0.3) is 0 Å². The standard InChI is InChI=1S/C32H36Cl2FN3O5/c1-2-42-31(40)29(20-23-11-13-26(35)14-12-23)36-30(39)28(37-32(41)43-22-24-7-4-3-5-8-24)21-25-9-6-10-27(19-25)38(17-15-33)18-16-34/h3-14,19,28-29H,2,15-18,20-22H2,1H3,(H,36,39)(H,37,41)/t28-,29-/m0/s1. The summed E-state index contributed by atoms with van der Waals surface area (Å²) >= 11 is 12.0. The van der Waals surface area contributed by atoms with Crippen molar-refractivity contribution in [2.45, 2.75) is 38.5 Å². The highest BCUT2D eigenvalue weighted by Crippen LogP contribution is 2.18. The lowest BCUT2D eigenvalue weighted by molar-refractivity contribution is -0.147. The first-order valence-electron chi connectivity index (χ1n) is 14.0. The Morgan fingerprint density at radius 2 is 1.44 bits per heavy atom. The summed E-state index contributed by atoms with van der Waals surface area (Å²) in [6.07, 6.45) is -0.628. The Bertz CT molecular complexity index is 1310. The molecule has 43 heavy (non-hydrogen) atoms. The van der Waals surface area contributed by atoms with Crippen LogP contribution in [0.5, 0.6) is 0 Å². The van der Waals surface area contributed by atoms with Crippen LogP contribution in [0, 0.1) is 5.82 Å². The number of rotatable bonds is 16. The van der Waals surface area contributed by atoms with Gasteiger partial charge in [-0.05, 0) is 47.9 Å². The van der Waals surface area contributed by atoms with Crippen LogP contribution in [0.2, 0.25) is 0 Å². The number of carbonyl (C=O) groups excluding carboxylic acids is 3. The van der Waals surface area contributed by atoms with Gasteiger partial charge < -0.3 is 25.0 Å². The molecule has 0 aliphatic heterocycles. The molecule has 0 aromatic heterocycles. The minimum Gasteiger partial charge on any atom is -0.464 e. The molecule has 0 aliphatic rings. The Kier molecular flexibility index (Phi) is 14.1. The molecule has 8 nitrogen and oxygen atoms in total. The molecule has 3 aromatic carbocycles. The van der Waals surface area contributed by atoms with Gasteiger partial charge >= 0.3 is 12.1 Å². The average molecular weight is 633 g/mol. The van der Waals surface area contributed by atoms with Gasteiger partial charge in [0, 0.05) is 43.4 Å². The third-order valence-electron chi connectivity index (χ3n) is 6.49. The predicted octanol–water partition coefficient (Wildman–Crippen LogP) is 5.24. The van der Waals surface area contributed by atoms with Gasteiger partial charge in [-0.3, -0.25) is 4.79 Å². The number of nitrogens with zero attached hydrogens (tertiary/aromatic N) is 1. The predicted molar refractivity (Wildman–Crippen MR) is 166 cm³/mol. The fraction of sp³-hybridized carbons (Fsp3) is 0.344. The molecule has 0 heterocycles. The Labute approximate surface area is 261 Å². The molecule has 0 radical (unpaired) electrons. The number of carbonyl (C=O) groups is 3. The summed E-state index contributed by atoms with van der Waals surface area (Å²) < 4.78 is 24.0. The quantitative estimate of drug-likeness (QED) is 0.166. The van der Waals surface area contributed by atoms with Crippen LogP contribution in [0.4, 0.5) is 14.9 Å². The molecule has 0 saturated heterocycles. The second kappa shape index (κ2) is 18.0. The highest BCUT2D eigenvalue weighted by Gasteiger charge is 2.29. The summed E-state index contributed by atoms with van der Waals surface area (Å²) in [6, 6.07) is 20.1. The van der Waals surface area contributed by atoms with Gasteiger partial charge in [0.05, 0.1) is 6.61 Å². The number of hydrogen-bond donors (Lipinski definition) is 2.